The molecule has 1 aromatic rings. The van der Waals surface area contributed by atoms with Crippen molar-refractivity contribution < 1.29 is 23.2 Å². The molecule has 0 spiro atoms. The van der Waals surface area contributed by atoms with Gasteiger partial charge in [-0.25, -0.2) is 4.39 Å². The summed E-state index contributed by atoms with van der Waals surface area (Å²) in [6.07, 6.45) is 0.747. The first kappa shape index (κ1) is 20.5. The van der Waals surface area contributed by atoms with Gasteiger partial charge >= 0.3 is 7.12 Å². The third kappa shape index (κ3) is 4.65. The van der Waals surface area contributed by atoms with Gasteiger partial charge in [-0.05, 0) is 57.3 Å². The number of amides is 1. The summed E-state index contributed by atoms with van der Waals surface area (Å²) in [5.74, 6) is -0.391. The topological polar surface area (TPSA) is 56.8 Å². The molecule has 1 saturated heterocycles. The minimum absolute atomic E-state index is 0.119. The Morgan fingerprint density at radius 3 is 2.42 bits per heavy atom. The van der Waals surface area contributed by atoms with Crippen molar-refractivity contribution >= 4 is 13.0 Å². The number of nitrogens with one attached hydrogen (secondary N) is 1. The van der Waals surface area contributed by atoms with Crippen molar-refractivity contribution in [2.45, 2.75) is 58.3 Å². The third-order valence-electron chi connectivity index (χ3n) is 4.96. The van der Waals surface area contributed by atoms with Crippen LogP contribution in [0.25, 0.3) is 0 Å². The van der Waals surface area contributed by atoms with E-state index in [9.17, 15) is 9.18 Å². The lowest BCUT2D eigenvalue weighted by Gasteiger charge is -2.32. The molecule has 1 aromatic carbocycles. The van der Waals surface area contributed by atoms with Crippen LogP contribution in [0.1, 0.15) is 46.1 Å². The molecule has 0 saturated carbocycles. The Bertz CT molecular complexity index is 674. The van der Waals surface area contributed by atoms with Gasteiger partial charge in [-0.15, -0.1) is 6.58 Å². The molecule has 0 unspecified atom stereocenters. The van der Waals surface area contributed by atoms with Crippen LogP contribution in [0.4, 0.5) is 4.39 Å². The second-order valence-electron chi connectivity index (χ2n) is 7.49. The van der Waals surface area contributed by atoms with Crippen LogP contribution in [0.15, 0.2) is 30.3 Å². The molecule has 0 aromatic heterocycles. The van der Waals surface area contributed by atoms with Gasteiger partial charge < -0.3 is 19.4 Å². The number of allylic oxidation sites excluding steroid dienone is 1. The number of methoxy groups -OCH3 is 1. The fraction of sp³-hybridized carbons (Fsp3) is 0.526. The van der Waals surface area contributed by atoms with E-state index in [1.165, 1.54) is 13.2 Å². The van der Waals surface area contributed by atoms with Gasteiger partial charge in [-0.2, -0.15) is 0 Å². The molecule has 1 aliphatic rings. The van der Waals surface area contributed by atoms with Gasteiger partial charge in [0.05, 0.1) is 18.3 Å². The Labute approximate surface area is 155 Å². The number of hydrogen-bond donors (Lipinski definition) is 1. The van der Waals surface area contributed by atoms with E-state index in [1.54, 1.807) is 12.1 Å². The highest BCUT2D eigenvalue weighted by molar-refractivity contribution is 6.54. The Kier molecular flexibility index (Phi) is 6.14. The Hall–Kier alpha value is -1.86. The van der Waals surface area contributed by atoms with E-state index in [4.69, 9.17) is 14.0 Å². The summed E-state index contributed by atoms with van der Waals surface area (Å²) in [6, 6.07) is 4.50. The molecule has 1 N–H and O–H groups in total. The Morgan fingerprint density at radius 1 is 1.23 bits per heavy atom. The maximum absolute atomic E-state index is 13.4. The average Bonchev–Trinajstić information content (AvgIpc) is 2.79. The zero-order chi connectivity index (χ0) is 19.5. The maximum Gasteiger partial charge on any atom is 0.489 e. The van der Waals surface area contributed by atoms with Crippen molar-refractivity contribution in [2.75, 3.05) is 7.11 Å². The number of halogens is 1. The quantitative estimate of drug-likeness (QED) is 0.755. The van der Waals surface area contributed by atoms with Crippen LogP contribution in [0.3, 0.4) is 0 Å². The molecule has 0 bridgehead atoms. The van der Waals surface area contributed by atoms with Gasteiger partial charge in [0.1, 0.15) is 0 Å². The smallest absolute Gasteiger partial charge is 0.489 e. The highest BCUT2D eigenvalue weighted by Crippen LogP contribution is 2.38. The zero-order valence-corrected chi connectivity index (χ0v) is 16.1. The van der Waals surface area contributed by atoms with E-state index in [1.807, 2.05) is 27.7 Å². The molecule has 0 radical (unpaired) electrons. The summed E-state index contributed by atoms with van der Waals surface area (Å²) in [7, 11) is 0.899. The van der Waals surface area contributed by atoms with E-state index in [-0.39, 0.29) is 18.1 Å². The Balaban J connectivity index is 1.79. The number of benzene rings is 1. The van der Waals surface area contributed by atoms with Crippen LogP contribution >= 0.6 is 0 Å². The summed E-state index contributed by atoms with van der Waals surface area (Å²) in [5.41, 5.74) is 0.651. The molecular formula is C19H27BFNO4. The van der Waals surface area contributed by atoms with Crippen LogP contribution in [0.5, 0.6) is 5.75 Å². The molecule has 0 aliphatic carbocycles. The monoisotopic (exact) mass is 363 g/mol. The number of hydrogen-bond acceptors (Lipinski definition) is 4. The molecule has 1 fully saturated rings. The summed E-state index contributed by atoms with van der Waals surface area (Å²) >= 11 is 0. The van der Waals surface area contributed by atoms with Gasteiger partial charge in [0.2, 0.25) is 5.91 Å². The van der Waals surface area contributed by atoms with Crippen molar-refractivity contribution in [2.24, 2.45) is 0 Å². The second-order valence-corrected chi connectivity index (χ2v) is 7.49. The van der Waals surface area contributed by atoms with Gasteiger partial charge in [0.25, 0.3) is 0 Å². The van der Waals surface area contributed by atoms with E-state index < -0.39 is 24.1 Å². The third-order valence-corrected chi connectivity index (χ3v) is 4.96. The van der Waals surface area contributed by atoms with E-state index in [0.717, 1.165) is 11.0 Å². The minimum atomic E-state index is -0.505. The number of rotatable bonds is 7. The molecule has 7 heteroatoms. The highest BCUT2D eigenvalue weighted by atomic mass is 19.1. The summed E-state index contributed by atoms with van der Waals surface area (Å²) in [5, 5.41) is 2.81. The normalized spacial score (nSPS) is 17.8. The summed E-state index contributed by atoms with van der Waals surface area (Å²) < 4.78 is 30.2. The van der Waals surface area contributed by atoms with Gasteiger partial charge in [-0.3, -0.25) is 4.79 Å². The first-order valence-electron chi connectivity index (χ1n) is 8.68. The molecular weight excluding hydrogens is 336 g/mol. The maximum atomic E-state index is 13.4. The number of carbonyl (C=O) groups excluding carboxylic acids is 1. The first-order valence-corrected chi connectivity index (χ1v) is 8.68. The molecule has 5 nitrogen and oxygen atoms in total. The lowest BCUT2D eigenvalue weighted by Crippen LogP contribution is -2.41. The number of carbonyl (C=O) groups is 1. The van der Waals surface area contributed by atoms with E-state index in [0.29, 0.717) is 13.0 Å². The lowest BCUT2D eigenvalue weighted by molar-refractivity contribution is -0.121. The fourth-order valence-electron chi connectivity index (χ4n) is 2.50. The van der Waals surface area contributed by atoms with E-state index in [2.05, 4.69) is 11.9 Å². The molecule has 2 rings (SSSR count). The van der Waals surface area contributed by atoms with Crippen molar-refractivity contribution in [1.82, 2.24) is 5.32 Å². The number of ether oxygens (including phenoxy) is 1. The van der Waals surface area contributed by atoms with Crippen molar-refractivity contribution in [3.8, 4) is 5.75 Å². The van der Waals surface area contributed by atoms with Crippen LogP contribution in [0.2, 0.25) is 0 Å². The van der Waals surface area contributed by atoms with Gasteiger partial charge in [0, 0.05) is 13.0 Å². The minimum Gasteiger partial charge on any atom is -0.494 e. The zero-order valence-electron chi connectivity index (χ0n) is 16.1. The molecule has 1 heterocycles. The molecule has 1 aliphatic heterocycles. The molecule has 0 atom stereocenters. The van der Waals surface area contributed by atoms with Crippen LogP contribution in [-0.4, -0.2) is 31.3 Å². The first-order chi connectivity index (χ1) is 12.1. The van der Waals surface area contributed by atoms with Gasteiger partial charge in [0.15, 0.2) is 11.6 Å². The van der Waals surface area contributed by atoms with Crippen LogP contribution in [-0.2, 0) is 20.6 Å². The highest BCUT2D eigenvalue weighted by Gasteiger charge is 2.51. The average molecular weight is 363 g/mol. The molecule has 26 heavy (non-hydrogen) atoms. The van der Waals surface area contributed by atoms with Crippen molar-refractivity contribution in [3.05, 3.63) is 41.6 Å². The van der Waals surface area contributed by atoms with Crippen LogP contribution < -0.4 is 10.1 Å². The summed E-state index contributed by atoms with van der Waals surface area (Å²) in [6.45, 7) is 12.2. The van der Waals surface area contributed by atoms with Crippen molar-refractivity contribution in [3.63, 3.8) is 0 Å². The predicted octanol–water partition coefficient (Wildman–Crippen LogP) is 3.42. The lowest BCUT2D eigenvalue weighted by atomic mass is 9.77. The van der Waals surface area contributed by atoms with Crippen molar-refractivity contribution in [1.29, 1.82) is 0 Å². The SMILES string of the molecule is C=C(CCC(=O)NCc1ccc(F)c(OC)c1)B1OC(C)(C)C(C)(C)O1. The van der Waals surface area contributed by atoms with Crippen LogP contribution in [0, 0.1) is 5.82 Å². The van der Waals surface area contributed by atoms with E-state index >= 15 is 0 Å². The fourth-order valence-corrected chi connectivity index (χ4v) is 2.50. The predicted molar refractivity (Wildman–Crippen MR) is 99.3 cm³/mol. The molecule has 142 valence electrons. The standard InChI is InChI=1S/C19H27BFNO4/c1-13(20-25-18(2,3)19(4,5)26-20)7-10-17(23)22-12-14-8-9-15(21)16(11-14)24-6/h8-9,11H,1,7,10,12H2,2-6H3,(H,22,23). The molecule has 1 amide bonds. The summed E-state index contributed by atoms with van der Waals surface area (Å²) in [4.78, 5) is 12.1. The Morgan fingerprint density at radius 2 is 1.85 bits per heavy atom. The van der Waals surface area contributed by atoms with Gasteiger partial charge in [-0.1, -0.05) is 6.07 Å². The second kappa shape index (κ2) is 7.80. The largest absolute Gasteiger partial charge is 0.494 e.